The Hall–Kier alpha value is -1.02. The predicted octanol–water partition coefficient (Wildman–Crippen LogP) is 6.74. The van der Waals surface area contributed by atoms with Crippen molar-refractivity contribution in [1.29, 1.82) is 0 Å². The van der Waals surface area contributed by atoms with Crippen molar-refractivity contribution in [1.82, 2.24) is 14.8 Å². The summed E-state index contributed by atoms with van der Waals surface area (Å²) in [5.41, 5.74) is 2.21. The molecule has 0 spiro atoms. The van der Waals surface area contributed by atoms with Gasteiger partial charge in [-0.15, -0.1) is 11.8 Å². The van der Waals surface area contributed by atoms with E-state index in [-0.39, 0.29) is 87.2 Å². The number of hydrogen-bond donors (Lipinski definition) is 1. The molecule has 0 saturated heterocycles. The van der Waals surface area contributed by atoms with Crippen LogP contribution >= 0.6 is 23.1 Å². The molecule has 1 aliphatic rings. The molecule has 0 saturated carbocycles. The number of thiazole rings is 1. The Labute approximate surface area is 256 Å². The molecule has 0 bridgehead atoms. The van der Waals surface area contributed by atoms with E-state index in [4.69, 9.17) is 0 Å². The predicted molar refractivity (Wildman–Crippen MR) is 136 cm³/mol. The van der Waals surface area contributed by atoms with Crippen LogP contribution in [-0.2, 0) is 0 Å². The van der Waals surface area contributed by atoms with E-state index in [2.05, 4.69) is 10.1 Å². The summed E-state index contributed by atoms with van der Waals surface area (Å²) in [4.78, 5) is 17.0. The van der Waals surface area contributed by atoms with E-state index >= 15 is 0 Å². The van der Waals surface area contributed by atoms with Crippen molar-refractivity contribution in [2.24, 2.45) is 5.92 Å². The fourth-order valence-corrected chi connectivity index (χ4v) is 6.59. The zero-order valence-corrected chi connectivity index (χ0v) is 20.8. The molecular formula is C24H24F4KN3O2S2. The van der Waals surface area contributed by atoms with Crippen LogP contribution in [0.25, 0.3) is 21.8 Å². The molecule has 0 fully saturated rings. The van der Waals surface area contributed by atoms with Gasteiger partial charge in [0.1, 0.15) is 5.82 Å². The number of allylic oxidation sites excluding steroid dienone is 2. The van der Waals surface area contributed by atoms with Crippen molar-refractivity contribution in [2.45, 2.75) is 55.7 Å². The molecule has 36 heavy (non-hydrogen) atoms. The fourth-order valence-electron chi connectivity index (χ4n) is 4.08. The van der Waals surface area contributed by atoms with Crippen molar-refractivity contribution in [3.63, 3.8) is 0 Å². The third-order valence-corrected chi connectivity index (χ3v) is 7.91. The number of benzene rings is 1. The van der Waals surface area contributed by atoms with Gasteiger partial charge in [0.25, 0.3) is 0 Å². The summed E-state index contributed by atoms with van der Waals surface area (Å²) in [6, 6.07) is 5.63. The van der Waals surface area contributed by atoms with Gasteiger partial charge >= 0.3 is 63.5 Å². The van der Waals surface area contributed by atoms with E-state index < -0.39 is 23.9 Å². The Morgan fingerprint density at radius 2 is 2.03 bits per heavy atom. The van der Waals surface area contributed by atoms with Gasteiger partial charge in [-0.3, -0.25) is 0 Å². The molecule has 2 heterocycles. The van der Waals surface area contributed by atoms with E-state index in [9.17, 15) is 27.5 Å². The zero-order valence-electron chi connectivity index (χ0n) is 19.2. The van der Waals surface area contributed by atoms with Crippen molar-refractivity contribution >= 4 is 86.0 Å². The molecule has 1 atom stereocenters. The summed E-state index contributed by atoms with van der Waals surface area (Å²) in [5, 5.41) is 14.9. The molecule has 2 aromatic heterocycles. The van der Waals surface area contributed by atoms with Crippen LogP contribution in [0.3, 0.4) is 0 Å². The quantitative estimate of drug-likeness (QED) is 0.204. The first kappa shape index (κ1) is 29.5. The molecular weight excluding hydrogens is 542 g/mol. The zero-order chi connectivity index (χ0) is 25.5. The molecule has 1 unspecified atom stereocenters. The maximum absolute atomic E-state index is 13.9. The number of aromatic nitrogens is 3. The van der Waals surface area contributed by atoms with Gasteiger partial charge in [-0.2, -0.15) is 23.0 Å². The summed E-state index contributed by atoms with van der Waals surface area (Å²) in [6.45, 7) is 5.62. The summed E-state index contributed by atoms with van der Waals surface area (Å²) < 4.78 is 55.3. The summed E-state index contributed by atoms with van der Waals surface area (Å²) in [6.07, 6.45) is -2.53. The van der Waals surface area contributed by atoms with Gasteiger partial charge in [0.15, 0.2) is 5.69 Å². The Balaban J connectivity index is 0.00000361. The van der Waals surface area contributed by atoms with Crippen LogP contribution < -0.4 is 0 Å². The van der Waals surface area contributed by atoms with Crippen LogP contribution in [0.1, 0.15) is 55.0 Å². The van der Waals surface area contributed by atoms with Gasteiger partial charge < -0.3 is 5.11 Å². The summed E-state index contributed by atoms with van der Waals surface area (Å²) in [7, 11) is 0. The number of carbonyl (C=O) groups is 1. The average Bonchev–Trinajstić information content (AvgIpc) is 3.33. The van der Waals surface area contributed by atoms with Crippen molar-refractivity contribution < 1.29 is 27.5 Å². The Bertz CT molecular complexity index is 1300. The molecule has 1 aromatic carbocycles. The molecule has 12 heteroatoms. The Morgan fingerprint density at radius 1 is 1.31 bits per heavy atom. The molecule has 3 aromatic rings. The third kappa shape index (κ3) is 6.33. The van der Waals surface area contributed by atoms with Gasteiger partial charge in [-0.1, -0.05) is 43.4 Å². The van der Waals surface area contributed by atoms with E-state index in [0.717, 1.165) is 9.78 Å². The van der Waals surface area contributed by atoms with Crippen molar-refractivity contribution in [2.75, 3.05) is 0 Å². The molecule has 188 valence electrons. The summed E-state index contributed by atoms with van der Waals surface area (Å²) in [5.74, 6) is -3.11. The van der Waals surface area contributed by atoms with Crippen LogP contribution in [0.4, 0.5) is 17.6 Å². The first-order chi connectivity index (χ1) is 16.5. The molecule has 5 nitrogen and oxygen atoms in total. The monoisotopic (exact) mass is 565 g/mol. The van der Waals surface area contributed by atoms with E-state index in [1.807, 2.05) is 13.8 Å². The number of halogens is 4. The number of alkyl halides is 3. The van der Waals surface area contributed by atoms with Crippen molar-refractivity contribution in [3.8, 4) is 16.3 Å². The number of nitrogens with zero attached hydrogens (tertiary/aromatic N) is 3. The molecule has 0 amide bonds. The Kier molecular flexibility index (Phi) is 9.67. The average molecular weight is 566 g/mol. The van der Waals surface area contributed by atoms with Crippen LogP contribution in [0.2, 0.25) is 0 Å². The number of aryl methyl sites for hydroxylation is 1. The van der Waals surface area contributed by atoms with Gasteiger partial charge in [0.05, 0.1) is 21.5 Å². The SMILES string of the molecule is Cc1nn(-c2nc(C3=CCC(C(F)(F)F)CC3)c(SC(C)C)s2)c(C(=O)O)c1-c1cccc(F)c1.[KH]. The van der Waals surface area contributed by atoms with E-state index in [1.165, 1.54) is 46.0 Å². The minimum absolute atomic E-state index is 0. The first-order valence-corrected chi connectivity index (χ1v) is 12.7. The second kappa shape index (κ2) is 11.8. The number of aromatic carboxylic acids is 1. The van der Waals surface area contributed by atoms with Gasteiger partial charge in [-0.25, -0.2) is 14.2 Å². The molecule has 0 radical (unpaired) electrons. The normalized spacial score (nSPS) is 16.1. The molecule has 4 rings (SSSR count). The number of carboxylic acid groups (broad SMARTS) is 1. The van der Waals surface area contributed by atoms with E-state index in [1.54, 1.807) is 19.1 Å². The standard InChI is InChI=1S/C24H23F4N3O2S2.K.H/c1-12(2)34-22-19(14-7-9-16(10-8-14)24(26,27)28)29-23(35-22)31-20(21(32)33)18(13(3)30-31)15-5-4-6-17(25)11-15;;/h4-7,11-12,16H,8-10H2,1-3H3,(H,32,33);;. The first-order valence-electron chi connectivity index (χ1n) is 11.0. The Morgan fingerprint density at radius 3 is 2.58 bits per heavy atom. The van der Waals surface area contributed by atoms with Crippen LogP contribution in [0.15, 0.2) is 34.6 Å². The molecule has 1 aliphatic carbocycles. The van der Waals surface area contributed by atoms with Gasteiger partial charge in [0, 0.05) is 10.8 Å². The number of rotatable bonds is 6. The van der Waals surface area contributed by atoms with Crippen LogP contribution in [0, 0.1) is 18.7 Å². The van der Waals surface area contributed by atoms with Gasteiger partial charge in [0.2, 0.25) is 5.13 Å². The number of carboxylic acids is 1. The number of hydrogen-bond acceptors (Lipinski definition) is 5. The third-order valence-electron chi connectivity index (χ3n) is 5.66. The molecule has 0 aliphatic heterocycles. The second-order valence-electron chi connectivity index (χ2n) is 8.58. The second-order valence-corrected chi connectivity index (χ2v) is 11.4. The number of thioether (sulfide) groups is 1. The minimum atomic E-state index is -4.24. The summed E-state index contributed by atoms with van der Waals surface area (Å²) >= 11 is 2.76. The van der Waals surface area contributed by atoms with Crippen molar-refractivity contribution in [3.05, 3.63) is 53.2 Å². The molecule has 1 N–H and O–H groups in total. The maximum atomic E-state index is 13.9. The van der Waals surface area contributed by atoms with E-state index in [0.29, 0.717) is 22.1 Å². The van der Waals surface area contributed by atoms with Crippen LogP contribution in [-0.4, -0.2) is 88.7 Å². The fraction of sp³-hybridized carbons (Fsp3) is 0.375. The van der Waals surface area contributed by atoms with Crippen LogP contribution in [0.5, 0.6) is 0 Å². The topological polar surface area (TPSA) is 68.0 Å². The van der Waals surface area contributed by atoms with Gasteiger partial charge in [-0.05, 0) is 49.5 Å².